The van der Waals surface area contributed by atoms with Gasteiger partial charge in [0.1, 0.15) is 5.82 Å². The molecular formula is C14H21FN2O. The normalized spacial score (nSPS) is 14.2. The molecule has 18 heavy (non-hydrogen) atoms. The number of amides is 1. The summed E-state index contributed by atoms with van der Waals surface area (Å²) in [4.78, 5) is 11.2. The minimum absolute atomic E-state index is 0.148. The van der Waals surface area contributed by atoms with Crippen molar-refractivity contribution in [2.75, 3.05) is 6.54 Å². The molecule has 0 radical (unpaired) electrons. The van der Waals surface area contributed by atoms with Crippen LogP contribution in [0.4, 0.5) is 4.39 Å². The van der Waals surface area contributed by atoms with E-state index < -0.39 is 11.4 Å². The average molecular weight is 252 g/mol. The Hall–Kier alpha value is -1.42. The van der Waals surface area contributed by atoms with Crippen LogP contribution in [-0.2, 0) is 10.3 Å². The second-order valence-corrected chi connectivity index (χ2v) is 4.87. The topological polar surface area (TPSA) is 55.1 Å². The van der Waals surface area contributed by atoms with E-state index in [2.05, 4.69) is 5.32 Å². The maximum atomic E-state index is 13.6. The summed E-state index contributed by atoms with van der Waals surface area (Å²) in [6.45, 7) is 6.37. The molecule has 4 heteroatoms. The Morgan fingerprint density at radius 3 is 2.67 bits per heavy atom. The Bertz CT molecular complexity index is 434. The highest BCUT2D eigenvalue weighted by atomic mass is 19.1. The maximum Gasteiger partial charge on any atom is 0.219 e. The molecule has 1 amide bonds. The summed E-state index contributed by atoms with van der Waals surface area (Å²) in [7, 11) is 0. The number of hydrogen-bond donors (Lipinski definition) is 2. The smallest absolute Gasteiger partial charge is 0.219 e. The van der Waals surface area contributed by atoms with Crippen molar-refractivity contribution in [3.8, 4) is 0 Å². The van der Waals surface area contributed by atoms with Crippen molar-refractivity contribution >= 4 is 5.91 Å². The van der Waals surface area contributed by atoms with Crippen LogP contribution >= 0.6 is 0 Å². The predicted molar refractivity (Wildman–Crippen MR) is 70.6 cm³/mol. The lowest BCUT2D eigenvalue weighted by Gasteiger charge is -2.30. The van der Waals surface area contributed by atoms with Gasteiger partial charge in [0, 0.05) is 12.0 Å². The van der Waals surface area contributed by atoms with E-state index in [1.54, 1.807) is 13.0 Å². The van der Waals surface area contributed by atoms with Crippen LogP contribution in [0.25, 0.3) is 0 Å². The Balaban J connectivity index is 3.07. The zero-order valence-electron chi connectivity index (χ0n) is 11.2. The number of carbonyl (C=O) groups excluding carboxylic acids is 1. The van der Waals surface area contributed by atoms with Gasteiger partial charge in [0.05, 0.1) is 0 Å². The molecule has 1 aromatic rings. The van der Waals surface area contributed by atoms with Crippen molar-refractivity contribution in [3.63, 3.8) is 0 Å². The van der Waals surface area contributed by atoms with Gasteiger partial charge in [-0.2, -0.15) is 0 Å². The number of benzene rings is 1. The summed E-state index contributed by atoms with van der Waals surface area (Å²) in [6, 6.07) is 5.03. The molecule has 0 aromatic heterocycles. The molecule has 1 rings (SSSR count). The molecule has 0 spiro atoms. The van der Waals surface area contributed by atoms with Crippen LogP contribution in [0.1, 0.15) is 37.8 Å². The second-order valence-electron chi connectivity index (χ2n) is 4.87. The molecule has 1 atom stereocenters. The van der Waals surface area contributed by atoms with Crippen LogP contribution in [-0.4, -0.2) is 12.5 Å². The van der Waals surface area contributed by atoms with Gasteiger partial charge < -0.3 is 11.1 Å². The number of carbonyl (C=O) groups is 1. The van der Waals surface area contributed by atoms with E-state index in [0.29, 0.717) is 5.56 Å². The highest BCUT2D eigenvalue weighted by molar-refractivity contribution is 5.75. The minimum atomic E-state index is -0.615. The van der Waals surface area contributed by atoms with Crippen LogP contribution in [0.15, 0.2) is 18.2 Å². The van der Waals surface area contributed by atoms with Gasteiger partial charge in [-0.25, -0.2) is 4.39 Å². The summed E-state index contributed by atoms with van der Waals surface area (Å²) in [5.41, 5.74) is 6.01. The lowest BCUT2D eigenvalue weighted by molar-refractivity contribution is -0.119. The summed E-state index contributed by atoms with van der Waals surface area (Å²) in [5, 5.41) is 3.27. The molecule has 0 heterocycles. The highest BCUT2D eigenvalue weighted by Gasteiger charge is 2.28. The molecule has 0 aliphatic heterocycles. The number of hydrogen-bond acceptors (Lipinski definition) is 2. The van der Waals surface area contributed by atoms with E-state index in [1.807, 2.05) is 19.9 Å². The molecule has 1 unspecified atom stereocenters. The summed E-state index contributed by atoms with van der Waals surface area (Å²) < 4.78 is 13.6. The first-order chi connectivity index (χ1) is 8.39. The van der Waals surface area contributed by atoms with Gasteiger partial charge in [-0.1, -0.05) is 19.1 Å². The van der Waals surface area contributed by atoms with Crippen molar-refractivity contribution in [2.45, 2.75) is 39.2 Å². The molecule has 0 fully saturated rings. The molecule has 3 nitrogen and oxygen atoms in total. The van der Waals surface area contributed by atoms with Crippen LogP contribution < -0.4 is 11.1 Å². The van der Waals surface area contributed by atoms with Crippen molar-refractivity contribution in [1.82, 2.24) is 5.32 Å². The number of halogens is 1. The lowest BCUT2D eigenvalue weighted by atomic mass is 9.87. The Labute approximate surface area is 108 Å². The Morgan fingerprint density at radius 2 is 2.17 bits per heavy atom. The monoisotopic (exact) mass is 252 g/mol. The van der Waals surface area contributed by atoms with E-state index in [4.69, 9.17) is 5.73 Å². The van der Waals surface area contributed by atoms with Crippen molar-refractivity contribution in [2.24, 2.45) is 5.73 Å². The van der Waals surface area contributed by atoms with Gasteiger partial charge in [0.2, 0.25) is 5.91 Å². The van der Waals surface area contributed by atoms with E-state index >= 15 is 0 Å². The van der Waals surface area contributed by atoms with Crippen LogP contribution in [0.3, 0.4) is 0 Å². The molecule has 0 aliphatic rings. The number of nitrogens with two attached hydrogens (primary N) is 1. The molecule has 100 valence electrons. The first-order valence-electron chi connectivity index (χ1n) is 6.19. The fourth-order valence-corrected chi connectivity index (χ4v) is 1.95. The third-order valence-electron chi connectivity index (χ3n) is 3.10. The zero-order chi connectivity index (χ0) is 13.8. The van der Waals surface area contributed by atoms with Crippen molar-refractivity contribution in [1.29, 1.82) is 0 Å². The first-order valence-corrected chi connectivity index (χ1v) is 6.19. The van der Waals surface area contributed by atoms with E-state index in [-0.39, 0.29) is 12.2 Å². The fraction of sp³-hybridized carbons (Fsp3) is 0.500. The van der Waals surface area contributed by atoms with E-state index in [0.717, 1.165) is 18.5 Å². The SMILES string of the molecule is CCCNC(C)(CC(N)=O)c1ccc(C)c(F)c1. The zero-order valence-corrected chi connectivity index (χ0v) is 11.2. The van der Waals surface area contributed by atoms with Crippen molar-refractivity contribution in [3.05, 3.63) is 35.1 Å². The molecule has 0 saturated heterocycles. The van der Waals surface area contributed by atoms with Gasteiger partial charge in [-0.05, 0) is 44.0 Å². The highest BCUT2D eigenvalue weighted by Crippen LogP contribution is 2.26. The molecule has 3 N–H and O–H groups in total. The van der Waals surface area contributed by atoms with E-state index in [1.165, 1.54) is 6.07 Å². The standard InChI is InChI=1S/C14H21FN2O/c1-4-7-17-14(3,9-13(16)18)11-6-5-10(2)12(15)8-11/h5-6,8,17H,4,7,9H2,1-3H3,(H2,16,18). The Morgan fingerprint density at radius 1 is 1.50 bits per heavy atom. The molecule has 1 aromatic carbocycles. The number of rotatable bonds is 6. The summed E-state index contributed by atoms with van der Waals surface area (Å²) in [6.07, 6.45) is 1.08. The second kappa shape index (κ2) is 5.96. The van der Waals surface area contributed by atoms with Gasteiger partial charge >= 0.3 is 0 Å². The fourth-order valence-electron chi connectivity index (χ4n) is 1.95. The van der Waals surface area contributed by atoms with Crippen molar-refractivity contribution < 1.29 is 9.18 Å². The Kier molecular flexibility index (Phi) is 4.84. The van der Waals surface area contributed by atoms with Gasteiger partial charge in [0.15, 0.2) is 0 Å². The number of aryl methyl sites for hydroxylation is 1. The third kappa shape index (κ3) is 3.53. The largest absolute Gasteiger partial charge is 0.370 e. The quantitative estimate of drug-likeness (QED) is 0.815. The van der Waals surface area contributed by atoms with Crippen LogP contribution in [0.2, 0.25) is 0 Å². The third-order valence-corrected chi connectivity index (χ3v) is 3.10. The molecule has 0 saturated carbocycles. The van der Waals surface area contributed by atoms with E-state index in [9.17, 15) is 9.18 Å². The van der Waals surface area contributed by atoms with Crippen LogP contribution in [0.5, 0.6) is 0 Å². The summed E-state index contributed by atoms with van der Waals surface area (Å²) in [5.74, 6) is -0.663. The minimum Gasteiger partial charge on any atom is -0.370 e. The molecular weight excluding hydrogens is 231 g/mol. The first kappa shape index (κ1) is 14.6. The predicted octanol–water partition coefficient (Wildman–Crippen LogP) is 2.22. The summed E-state index contributed by atoms with van der Waals surface area (Å²) >= 11 is 0. The molecule has 0 aliphatic carbocycles. The number of nitrogens with one attached hydrogen (secondary N) is 1. The van der Waals surface area contributed by atoms with Crippen LogP contribution in [0, 0.1) is 12.7 Å². The average Bonchev–Trinajstić information content (AvgIpc) is 2.29. The molecule has 0 bridgehead atoms. The maximum absolute atomic E-state index is 13.6. The van der Waals surface area contributed by atoms with Gasteiger partial charge in [-0.15, -0.1) is 0 Å². The lowest BCUT2D eigenvalue weighted by Crippen LogP contribution is -2.43. The number of primary amides is 1. The van der Waals surface area contributed by atoms with Gasteiger partial charge in [0.25, 0.3) is 0 Å². The van der Waals surface area contributed by atoms with Gasteiger partial charge in [-0.3, -0.25) is 4.79 Å².